The summed E-state index contributed by atoms with van der Waals surface area (Å²) in [6.07, 6.45) is 0.873. The Labute approximate surface area is 205 Å². The van der Waals surface area contributed by atoms with Gasteiger partial charge in [-0.15, -0.1) is 0 Å². The van der Waals surface area contributed by atoms with Gasteiger partial charge in [-0.2, -0.15) is 17.6 Å². The predicted octanol–water partition coefficient (Wildman–Crippen LogP) is 7.32. The monoisotopic (exact) mass is 534 g/mol. The maximum Gasteiger partial charge on any atom is 0.308 e. The van der Waals surface area contributed by atoms with Crippen molar-refractivity contribution in [1.82, 2.24) is 0 Å². The molecule has 1 atom stereocenters. The molecule has 0 radical (unpaired) electrons. The Kier molecular flexibility index (Phi) is 8.29. The van der Waals surface area contributed by atoms with Crippen LogP contribution < -0.4 is 14.2 Å². The number of benzene rings is 3. The third-order valence-electron chi connectivity index (χ3n) is 5.43. The lowest BCUT2D eigenvalue weighted by molar-refractivity contribution is -0.132. The van der Waals surface area contributed by atoms with Crippen LogP contribution >= 0.6 is 0 Å². The average Bonchev–Trinajstić information content (AvgIpc) is 2.88. The van der Waals surface area contributed by atoms with E-state index < -0.39 is 81.9 Å². The minimum Gasteiger partial charge on any atom is -0.457 e. The number of esters is 1. The smallest absolute Gasteiger partial charge is 0.308 e. The largest absolute Gasteiger partial charge is 0.457 e. The van der Waals surface area contributed by atoms with E-state index in [0.717, 1.165) is 12.0 Å². The second kappa shape index (κ2) is 11.1. The highest BCUT2D eigenvalue weighted by molar-refractivity contribution is 5.72. The SMILES string of the molecule is CCC(C)c1ccc(OCOc2c(F)c(F)c(-c3c(F)c(F)c(OC(C)=O)c(F)c3F)c(F)c2F)cc1. The van der Waals surface area contributed by atoms with Crippen LogP contribution in [0.3, 0.4) is 0 Å². The van der Waals surface area contributed by atoms with E-state index in [4.69, 9.17) is 4.74 Å². The first-order chi connectivity index (χ1) is 17.4. The van der Waals surface area contributed by atoms with Gasteiger partial charge in [0, 0.05) is 6.92 Å². The molecule has 3 aromatic carbocycles. The molecule has 37 heavy (non-hydrogen) atoms. The summed E-state index contributed by atoms with van der Waals surface area (Å²) in [7, 11) is 0. The van der Waals surface area contributed by atoms with E-state index >= 15 is 0 Å². The lowest BCUT2D eigenvalue weighted by Gasteiger charge is -2.16. The van der Waals surface area contributed by atoms with Gasteiger partial charge >= 0.3 is 5.97 Å². The number of hydrogen-bond donors (Lipinski definition) is 0. The Morgan fingerprint density at radius 3 is 1.54 bits per heavy atom. The van der Waals surface area contributed by atoms with Crippen molar-refractivity contribution in [2.45, 2.75) is 33.1 Å². The molecule has 0 fully saturated rings. The molecule has 0 saturated carbocycles. The highest BCUT2D eigenvalue weighted by atomic mass is 19.2. The van der Waals surface area contributed by atoms with Crippen molar-refractivity contribution in [3.05, 3.63) is 76.4 Å². The van der Waals surface area contributed by atoms with Crippen LogP contribution in [0.5, 0.6) is 17.2 Å². The molecule has 198 valence electrons. The molecule has 0 N–H and O–H groups in total. The molecule has 0 aliphatic heterocycles. The normalized spacial score (nSPS) is 11.9. The first-order valence-corrected chi connectivity index (χ1v) is 10.7. The number of hydrogen-bond acceptors (Lipinski definition) is 4. The van der Waals surface area contributed by atoms with E-state index in [1.54, 1.807) is 12.1 Å². The zero-order valence-electron chi connectivity index (χ0n) is 19.5. The lowest BCUT2D eigenvalue weighted by atomic mass is 9.99. The molecule has 0 saturated heterocycles. The zero-order valence-corrected chi connectivity index (χ0v) is 19.5. The molecule has 0 spiro atoms. The van der Waals surface area contributed by atoms with Crippen molar-refractivity contribution in [2.24, 2.45) is 0 Å². The van der Waals surface area contributed by atoms with E-state index in [-0.39, 0.29) is 11.7 Å². The van der Waals surface area contributed by atoms with Crippen LogP contribution in [-0.2, 0) is 4.79 Å². The maximum atomic E-state index is 14.7. The van der Waals surface area contributed by atoms with Crippen molar-refractivity contribution < 1.29 is 54.1 Å². The molecule has 0 aliphatic rings. The van der Waals surface area contributed by atoms with Gasteiger partial charge in [0.2, 0.25) is 41.6 Å². The Morgan fingerprint density at radius 2 is 1.14 bits per heavy atom. The number of carbonyl (C=O) groups is 1. The second-order valence-corrected chi connectivity index (χ2v) is 7.80. The van der Waals surface area contributed by atoms with Crippen LogP contribution in [-0.4, -0.2) is 12.8 Å². The van der Waals surface area contributed by atoms with Crippen LogP contribution in [0, 0.1) is 46.5 Å². The summed E-state index contributed by atoms with van der Waals surface area (Å²) in [5.41, 5.74) is -3.21. The van der Waals surface area contributed by atoms with Gasteiger partial charge in [-0.3, -0.25) is 4.79 Å². The summed E-state index contributed by atoms with van der Waals surface area (Å²) in [6.45, 7) is 3.70. The Balaban J connectivity index is 1.95. The summed E-state index contributed by atoms with van der Waals surface area (Å²) in [4.78, 5) is 10.9. The van der Waals surface area contributed by atoms with E-state index in [9.17, 15) is 39.9 Å². The standard InChI is InChI=1S/C25H18F8O4/c1-4-10(2)12-5-7-13(8-6-12)35-9-36-24-20(30)16(26)14(17(27)21(24)31)15-18(28)22(32)25(37-11(3)34)23(33)19(15)29/h5-8,10H,4,9H2,1-3H3. The highest BCUT2D eigenvalue weighted by Gasteiger charge is 2.35. The fourth-order valence-corrected chi connectivity index (χ4v) is 3.31. The van der Waals surface area contributed by atoms with E-state index in [1.807, 2.05) is 13.8 Å². The van der Waals surface area contributed by atoms with Crippen LogP contribution in [0.4, 0.5) is 35.1 Å². The Bertz CT molecular complexity index is 1280. The highest BCUT2D eigenvalue weighted by Crippen LogP contribution is 2.41. The number of carbonyl (C=O) groups excluding carboxylic acids is 1. The molecule has 0 bridgehead atoms. The van der Waals surface area contributed by atoms with E-state index in [1.165, 1.54) is 12.1 Å². The van der Waals surface area contributed by atoms with E-state index in [0.29, 0.717) is 6.92 Å². The van der Waals surface area contributed by atoms with Crippen LogP contribution in [0.2, 0.25) is 0 Å². The second-order valence-electron chi connectivity index (χ2n) is 7.80. The van der Waals surface area contributed by atoms with Crippen molar-refractivity contribution in [3.63, 3.8) is 0 Å². The first kappa shape index (κ1) is 27.8. The maximum absolute atomic E-state index is 14.7. The zero-order chi connectivity index (χ0) is 27.6. The minimum absolute atomic E-state index is 0.188. The molecule has 0 aliphatic carbocycles. The molecule has 4 nitrogen and oxygen atoms in total. The fourth-order valence-electron chi connectivity index (χ4n) is 3.31. The van der Waals surface area contributed by atoms with Gasteiger partial charge in [-0.25, -0.2) is 17.6 Å². The molecular formula is C25H18F8O4. The average molecular weight is 534 g/mol. The van der Waals surface area contributed by atoms with Gasteiger partial charge in [0.05, 0.1) is 11.1 Å². The third-order valence-corrected chi connectivity index (χ3v) is 5.43. The Morgan fingerprint density at radius 1 is 0.703 bits per heavy atom. The quantitative estimate of drug-likeness (QED) is 0.0999. The van der Waals surface area contributed by atoms with Crippen molar-refractivity contribution in [2.75, 3.05) is 6.79 Å². The van der Waals surface area contributed by atoms with Crippen LogP contribution in [0.1, 0.15) is 38.7 Å². The van der Waals surface area contributed by atoms with Crippen molar-refractivity contribution in [1.29, 1.82) is 0 Å². The molecule has 12 heteroatoms. The minimum atomic E-state index is -2.47. The van der Waals surface area contributed by atoms with Gasteiger partial charge in [0.15, 0.2) is 23.3 Å². The fraction of sp³-hybridized carbons (Fsp3) is 0.240. The van der Waals surface area contributed by atoms with Crippen molar-refractivity contribution >= 4 is 5.97 Å². The summed E-state index contributed by atoms with van der Waals surface area (Å²) >= 11 is 0. The van der Waals surface area contributed by atoms with Gasteiger partial charge in [-0.1, -0.05) is 26.0 Å². The van der Waals surface area contributed by atoms with Crippen LogP contribution in [0.15, 0.2) is 24.3 Å². The van der Waals surface area contributed by atoms with Crippen LogP contribution in [0.25, 0.3) is 11.1 Å². The van der Waals surface area contributed by atoms with E-state index in [2.05, 4.69) is 9.47 Å². The van der Waals surface area contributed by atoms with Gasteiger partial charge in [-0.05, 0) is 30.0 Å². The van der Waals surface area contributed by atoms with Gasteiger partial charge < -0.3 is 14.2 Å². The summed E-state index contributed by atoms with van der Waals surface area (Å²) < 4.78 is 129. The van der Waals surface area contributed by atoms with Gasteiger partial charge in [0.1, 0.15) is 5.75 Å². The number of rotatable bonds is 8. The topological polar surface area (TPSA) is 44.8 Å². The number of ether oxygens (including phenoxy) is 3. The molecule has 0 aromatic heterocycles. The first-order valence-electron chi connectivity index (χ1n) is 10.7. The molecular weight excluding hydrogens is 516 g/mol. The summed E-state index contributed by atoms with van der Waals surface area (Å²) in [5, 5.41) is 0. The molecule has 3 aromatic rings. The lowest BCUT2D eigenvalue weighted by Crippen LogP contribution is -2.13. The molecule has 3 rings (SSSR count). The third kappa shape index (κ3) is 5.32. The summed E-state index contributed by atoms with van der Waals surface area (Å²) in [6, 6.07) is 6.51. The van der Waals surface area contributed by atoms with Gasteiger partial charge in [0.25, 0.3) is 0 Å². The predicted molar refractivity (Wildman–Crippen MR) is 114 cm³/mol. The molecule has 0 amide bonds. The summed E-state index contributed by atoms with van der Waals surface area (Å²) in [5.74, 6) is -23.4. The number of halogens is 8. The van der Waals surface area contributed by atoms with Crippen molar-refractivity contribution in [3.8, 4) is 28.4 Å². The molecule has 1 unspecified atom stereocenters. The Hall–Kier alpha value is -3.83. The molecule has 0 heterocycles.